The summed E-state index contributed by atoms with van der Waals surface area (Å²) in [4.78, 5) is 17.7. The Morgan fingerprint density at radius 2 is 2.14 bits per heavy atom. The van der Waals surface area contributed by atoms with E-state index in [1.807, 2.05) is 20.8 Å². The van der Waals surface area contributed by atoms with Gasteiger partial charge in [-0.25, -0.2) is 0 Å². The van der Waals surface area contributed by atoms with Crippen LogP contribution in [0.3, 0.4) is 0 Å². The first kappa shape index (κ1) is 18.5. The zero-order valence-corrected chi connectivity index (χ0v) is 15.0. The molecular weight excluding hydrogens is 296 g/mol. The zero-order valence-electron chi connectivity index (χ0n) is 14.2. The van der Waals surface area contributed by atoms with Crippen molar-refractivity contribution in [1.82, 2.24) is 16.0 Å². The fourth-order valence-corrected chi connectivity index (χ4v) is 2.74. The first-order valence-electron chi connectivity index (χ1n) is 7.68. The monoisotopic (exact) mass is 324 g/mol. The molecule has 1 rings (SSSR count). The van der Waals surface area contributed by atoms with E-state index in [1.165, 1.54) is 4.88 Å². The highest BCUT2D eigenvalue weighted by molar-refractivity contribution is 7.10. The minimum absolute atomic E-state index is 0.000878. The molecule has 124 valence electrons. The van der Waals surface area contributed by atoms with E-state index in [2.05, 4.69) is 45.4 Å². The third-order valence-corrected chi connectivity index (χ3v) is 4.53. The summed E-state index contributed by atoms with van der Waals surface area (Å²) in [6.45, 7) is 10.1. The maximum Gasteiger partial charge on any atom is 0.227 e. The van der Waals surface area contributed by atoms with E-state index in [9.17, 15) is 4.79 Å². The van der Waals surface area contributed by atoms with Gasteiger partial charge in [0.1, 0.15) is 0 Å². The third-order valence-electron chi connectivity index (χ3n) is 3.42. The minimum Gasteiger partial charge on any atom is -0.359 e. The van der Waals surface area contributed by atoms with Gasteiger partial charge in [-0.3, -0.25) is 9.79 Å². The second kappa shape index (κ2) is 8.78. The van der Waals surface area contributed by atoms with E-state index in [0.717, 1.165) is 19.0 Å². The van der Waals surface area contributed by atoms with Crippen molar-refractivity contribution in [3.63, 3.8) is 0 Å². The summed E-state index contributed by atoms with van der Waals surface area (Å²) in [6, 6.07) is 4.22. The molecule has 0 bridgehead atoms. The lowest BCUT2D eigenvalue weighted by atomic mass is 9.93. The number of amides is 1. The Morgan fingerprint density at radius 3 is 2.68 bits per heavy atom. The molecule has 0 fully saturated rings. The fourth-order valence-electron chi connectivity index (χ4n) is 1.95. The highest BCUT2D eigenvalue weighted by Crippen LogP contribution is 2.19. The number of carbonyl (C=O) groups excluding carboxylic acids is 1. The van der Waals surface area contributed by atoms with E-state index in [-0.39, 0.29) is 5.91 Å². The van der Waals surface area contributed by atoms with Crippen LogP contribution in [-0.4, -0.2) is 38.5 Å². The summed E-state index contributed by atoms with van der Waals surface area (Å²) in [5, 5.41) is 11.4. The van der Waals surface area contributed by atoms with Gasteiger partial charge in [0.2, 0.25) is 5.91 Å². The molecule has 0 aliphatic carbocycles. The molecule has 1 aromatic heterocycles. The van der Waals surface area contributed by atoms with Crippen LogP contribution in [0, 0.1) is 5.41 Å². The van der Waals surface area contributed by atoms with Crippen molar-refractivity contribution in [2.75, 3.05) is 26.7 Å². The first-order chi connectivity index (χ1) is 10.4. The molecule has 1 heterocycles. The van der Waals surface area contributed by atoms with Gasteiger partial charge < -0.3 is 16.0 Å². The zero-order chi connectivity index (χ0) is 16.6. The molecule has 1 unspecified atom stereocenters. The first-order valence-corrected chi connectivity index (χ1v) is 8.56. The minimum atomic E-state index is -0.517. The summed E-state index contributed by atoms with van der Waals surface area (Å²) in [7, 11) is 1.65. The van der Waals surface area contributed by atoms with Crippen LogP contribution >= 0.6 is 11.3 Å². The number of nitrogens with one attached hydrogen (secondary N) is 3. The van der Waals surface area contributed by atoms with Crippen molar-refractivity contribution in [3.05, 3.63) is 22.4 Å². The van der Waals surface area contributed by atoms with Crippen LogP contribution in [0.4, 0.5) is 0 Å². The van der Waals surface area contributed by atoms with Gasteiger partial charge in [-0.2, -0.15) is 0 Å². The number of thiophene rings is 1. The van der Waals surface area contributed by atoms with Crippen molar-refractivity contribution in [2.24, 2.45) is 10.4 Å². The highest BCUT2D eigenvalue weighted by atomic mass is 32.1. The average molecular weight is 324 g/mol. The molecule has 0 spiro atoms. The Balaban J connectivity index is 2.60. The quantitative estimate of drug-likeness (QED) is 0.532. The Labute approximate surface area is 137 Å². The second-order valence-corrected chi connectivity index (χ2v) is 6.93. The van der Waals surface area contributed by atoms with Crippen LogP contribution in [0.15, 0.2) is 22.5 Å². The Kier molecular flexibility index (Phi) is 7.38. The molecule has 0 saturated carbocycles. The van der Waals surface area contributed by atoms with Gasteiger partial charge in [0.15, 0.2) is 5.96 Å². The van der Waals surface area contributed by atoms with E-state index in [0.29, 0.717) is 12.5 Å². The van der Waals surface area contributed by atoms with Crippen molar-refractivity contribution in [3.8, 4) is 0 Å². The largest absolute Gasteiger partial charge is 0.359 e. The van der Waals surface area contributed by atoms with Crippen molar-refractivity contribution < 1.29 is 4.79 Å². The van der Waals surface area contributed by atoms with Crippen LogP contribution in [-0.2, 0) is 4.79 Å². The number of aliphatic imine (C=N–C) groups is 1. The maximum atomic E-state index is 11.8. The van der Waals surface area contributed by atoms with E-state index in [1.54, 1.807) is 18.4 Å². The van der Waals surface area contributed by atoms with Crippen LogP contribution in [0.5, 0.6) is 0 Å². The molecule has 5 nitrogen and oxygen atoms in total. The van der Waals surface area contributed by atoms with Gasteiger partial charge in [0.05, 0.1) is 12.0 Å². The lowest BCUT2D eigenvalue weighted by Crippen LogP contribution is -2.41. The van der Waals surface area contributed by atoms with E-state index >= 15 is 0 Å². The highest BCUT2D eigenvalue weighted by Gasteiger charge is 2.26. The molecule has 0 aliphatic rings. The van der Waals surface area contributed by atoms with Crippen LogP contribution in [0.1, 0.15) is 38.5 Å². The topological polar surface area (TPSA) is 65.5 Å². The third kappa shape index (κ3) is 5.67. The van der Waals surface area contributed by atoms with Crippen molar-refractivity contribution in [1.29, 1.82) is 0 Å². The Hall–Kier alpha value is -1.56. The number of rotatable bonds is 7. The standard InChI is InChI=1S/C16H28N4OS/c1-6-18-15(20-11-16(3,4)14(21)17-5)19-10-12(2)13-8-7-9-22-13/h7-9,12H,6,10-11H2,1-5H3,(H,17,21)(H2,18,19,20). The molecule has 3 N–H and O–H groups in total. The summed E-state index contributed by atoms with van der Waals surface area (Å²) in [5.74, 6) is 1.18. The van der Waals surface area contributed by atoms with Crippen molar-refractivity contribution >= 4 is 23.2 Å². The normalized spacial score (nSPS) is 13.6. The second-order valence-electron chi connectivity index (χ2n) is 5.96. The molecule has 1 atom stereocenters. The number of carbonyl (C=O) groups is 1. The van der Waals surface area contributed by atoms with Gasteiger partial charge in [-0.15, -0.1) is 11.3 Å². The molecule has 0 aromatic carbocycles. The van der Waals surface area contributed by atoms with Gasteiger partial charge in [0.25, 0.3) is 0 Å². The molecule has 0 radical (unpaired) electrons. The fraction of sp³-hybridized carbons (Fsp3) is 0.625. The summed E-state index contributed by atoms with van der Waals surface area (Å²) in [6.07, 6.45) is 0. The Morgan fingerprint density at radius 1 is 1.41 bits per heavy atom. The lowest BCUT2D eigenvalue weighted by molar-refractivity contribution is -0.128. The molecular formula is C16H28N4OS. The molecule has 0 aliphatic heterocycles. The van der Waals surface area contributed by atoms with Gasteiger partial charge in [-0.05, 0) is 32.2 Å². The number of hydrogen-bond acceptors (Lipinski definition) is 3. The molecule has 1 amide bonds. The number of nitrogens with zero attached hydrogens (tertiary/aromatic N) is 1. The van der Waals surface area contributed by atoms with Crippen LogP contribution in [0.2, 0.25) is 0 Å². The SMILES string of the molecule is CCNC(=NCC(C)(C)C(=O)NC)NCC(C)c1cccs1. The van der Waals surface area contributed by atoms with Crippen LogP contribution in [0.25, 0.3) is 0 Å². The van der Waals surface area contributed by atoms with Gasteiger partial charge in [-0.1, -0.05) is 13.0 Å². The smallest absolute Gasteiger partial charge is 0.227 e. The maximum absolute atomic E-state index is 11.8. The van der Waals surface area contributed by atoms with E-state index < -0.39 is 5.41 Å². The lowest BCUT2D eigenvalue weighted by Gasteiger charge is -2.21. The van der Waals surface area contributed by atoms with Gasteiger partial charge in [0, 0.05) is 30.9 Å². The number of guanidine groups is 1. The molecule has 22 heavy (non-hydrogen) atoms. The number of hydrogen-bond donors (Lipinski definition) is 3. The Bertz CT molecular complexity index is 482. The van der Waals surface area contributed by atoms with E-state index in [4.69, 9.17) is 0 Å². The summed E-state index contributed by atoms with van der Waals surface area (Å²) >= 11 is 1.77. The molecule has 0 saturated heterocycles. The molecule has 1 aromatic rings. The predicted octanol–water partition coefficient (Wildman–Crippen LogP) is 2.18. The summed E-state index contributed by atoms with van der Waals surface area (Å²) < 4.78 is 0. The van der Waals surface area contributed by atoms with Gasteiger partial charge >= 0.3 is 0 Å². The van der Waals surface area contributed by atoms with Crippen molar-refractivity contribution in [2.45, 2.75) is 33.6 Å². The molecule has 6 heteroatoms. The van der Waals surface area contributed by atoms with Crippen LogP contribution < -0.4 is 16.0 Å². The average Bonchev–Trinajstić information content (AvgIpc) is 3.03. The predicted molar refractivity (Wildman–Crippen MR) is 94.6 cm³/mol. The summed E-state index contributed by atoms with van der Waals surface area (Å²) in [5.41, 5.74) is -0.517.